The van der Waals surface area contributed by atoms with E-state index in [2.05, 4.69) is 20.3 Å². The molecule has 3 heterocycles. The van der Waals surface area contributed by atoms with Gasteiger partial charge in [-0.3, -0.25) is 4.79 Å². The van der Waals surface area contributed by atoms with E-state index in [1.165, 1.54) is 31.0 Å². The molecular formula is C21H26N6O2S. The Hall–Kier alpha value is -2.81. The van der Waals surface area contributed by atoms with E-state index in [0.29, 0.717) is 24.4 Å². The summed E-state index contributed by atoms with van der Waals surface area (Å²) in [5.74, 6) is 1.49. The molecule has 0 saturated carbocycles. The molecule has 1 amide bonds. The average Bonchev–Trinajstić information content (AvgIpc) is 3.21. The van der Waals surface area contributed by atoms with Crippen molar-refractivity contribution in [2.45, 2.75) is 31.0 Å². The van der Waals surface area contributed by atoms with Crippen molar-refractivity contribution in [3.05, 3.63) is 36.0 Å². The third-order valence-corrected chi connectivity index (χ3v) is 5.78. The molecule has 4 rings (SSSR count). The fourth-order valence-electron chi connectivity index (χ4n) is 3.66. The molecule has 30 heavy (non-hydrogen) atoms. The number of ether oxygens (including phenoxy) is 1. The van der Waals surface area contributed by atoms with Gasteiger partial charge in [0, 0.05) is 25.2 Å². The summed E-state index contributed by atoms with van der Waals surface area (Å²) in [6, 6.07) is 7.11. The van der Waals surface area contributed by atoms with Crippen LogP contribution in [0.15, 0.2) is 35.6 Å². The molecule has 1 aliphatic rings. The zero-order valence-electron chi connectivity index (χ0n) is 17.3. The molecule has 0 radical (unpaired) electrons. The molecule has 0 bridgehead atoms. The van der Waals surface area contributed by atoms with Gasteiger partial charge in [0.15, 0.2) is 10.8 Å². The van der Waals surface area contributed by atoms with Gasteiger partial charge in [-0.2, -0.15) is 5.10 Å². The number of carbonyl (C=O) groups is 1. The van der Waals surface area contributed by atoms with Gasteiger partial charge in [-0.25, -0.2) is 14.6 Å². The zero-order chi connectivity index (χ0) is 20.9. The molecule has 2 aromatic heterocycles. The number of piperidine rings is 1. The predicted molar refractivity (Wildman–Crippen MR) is 118 cm³/mol. The number of benzene rings is 1. The highest BCUT2D eigenvalue weighted by Crippen LogP contribution is 2.28. The lowest BCUT2D eigenvalue weighted by molar-refractivity contribution is 0.0951. The number of methoxy groups -OCH3 is 1. The van der Waals surface area contributed by atoms with E-state index in [9.17, 15) is 4.79 Å². The predicted octanol–water partition coefficient (Wildman–Crippen LogP) is 2.98. The Labute approximate surface area is 180 Å². The number of amides is 1. The van der Waals surface area contributed by atoms with Crippen LogP contribution in [-0.2, 0) is 6.54 Å². The Morgan fingerprint density at radius 1 is 1.23 bits per heavy atom. The van der Waals surface area contributed by atoms with E-state index in [4.69, 9.17) is 9.72 Å². The maximum Gasteiger partial charge on any atom is 0.251 e. The van der Waals surface area contributed by atoms with Gasteiger partial charge in [0.1, 0.15) is 11.6 Å². The Balaban J connectivity index is 1.49. The number of hydrogen-bond acceptors (Lipinski definition) is 7. The summed E-state index contributed by atoms with van der Waals surface area (Å²) in [5, 5.41) is 9.18. The van der Waals surface area contributed by atoms with Crippen LogP contribution in [0.2, 0.25) is 0 Å². The van der Waals surface area contributed by atoms with Crippen LogP contribution in [0.1, 0.15) is 29.6 Å². The van der Waals surface area contributed by atoms with Gasteiger partial charge in [0.2, 0.25) is 0 Å². The van der Waals surface area contributed by atoms with Crippen LogP contribution in [0.25, 0.3) is 11.0 Å². The number of nitrogens with zero attached hydrogens (tertiary/aromatic N) is 5. The van der Waals surface area contributed by atoms with Gasteiger partial charge in [0.05, 0.1) is 25.2 Å². The summed E-state index contributed by atoms with van der Waals surface area (Å²) in [5.41, 5.74) is 1.38. The number of hydrogen-bond donors (Lipinski definition) is 1. The first kappa shape index (κ1) is 20.5. The number of rotatable bonds is 7. The van der Waals surface area contributed by atoms with Gasteiger partial charge in [0.25, 0.3) is 5.91 Å². The largest absolute Gasteiger partial charge is 0.497 e. The lowest BCUT2D eigenvalue weighted by atomic mass is 10.1. The van der Waals surface area contributed by atoms with Crippen LogP contribution in [0.4, 0.5) is 5.82 Å². The van der Waals surface area contributed by atoms with E-state index in [-0.39, 0.29) is 5.91 Å². The van der Waals surface area contributed by atoms with Crippen molar-refractivity contribution in [3.8, 4) is 5.75 Å². The van der Waals surface area contributed by atoms with Gasteiger partial charge >= 0.3 is 0 Å². The lowest BCUT2D eigenvalue weighted by Gasteiger charge is -2.28. The van der Waals surface area contributed by atoms with Crippen LogP contribution in [-0.4, -0.2) is 58.7 Å². The maximum atomic E-state index is 12.4. The molecule has 0 atom stereocenters. The van der Waals surface area contributed by atoms with Gasteiger partial charge in [-0.1, -0.05) is 17.8 Å². The first-order chi connectivity index (χ1) is 14.7. The van der Waals surface area contributed by atoms with E-state index in [1.807, 2.05) is 23.2 Å². The van der Waals surface area contributed by atoms with Crippen molar-refractivity contribution in [1.82, 2.24) is 25.1 Å². The van der Waals surface area contributed by atoms with E-state index >= 15 is 0 Å². The van der Waals surface area contributed by atoms with Crippen LogP contribution in [0.5, 0.6) is 5.75 Å². The van der Waals surface area contributed by atoms with E-state index in [1.54, 1.807) is 25.3 Å². The number of aromatic nitrogens is 4. The average molecular weight is 427 g/mol. The highest BCUT2D eigenvalue weighted by molar-refractivity contribution is 7.98. The normalized spacial score (nSPS) is 14.1. The fraction of sp³-hybridized carbons (Fsp3) is 0.429. The third-order valence-electron chi connectivity index (χ3n) is 5.23. The van der Waals surface area contributed by atoms with Crippen molar-refractivity contribution < 1.29 is 9.53 Å². The second-order valence-electron chi connectivity index (χ2n) is 7.17. The van der Waals surface area contributed by atoms with Crippen molar-refractivity contribution in [2.24, 2.45) is 0 Å². The smallest absolute Gasteiger partial charge is 0.251 e. The standard InChI is InChI=1S/C21H26N6O2S/c1-29-16-8-6-7-15(13-16)20(28)22-9-12-27-19-17(14-23-27)18(24-21(25-19)30-2)26-10-4-3-5-11-26/h6-8,13-14H,3-5,9-12H2,1-2H3,(H,22,28). The van der Waals surface area contributed by atoms with Crippen molar-refractivity contribution in [3.63, 3.8) is 0 Å². The number of thioether (sulfide) groups is 1. The monoisotopic (exact) mass is 426 g/mol. The third kappa shape index (κ3) is 4.35. The lowest BCUT2D eigenvalue weighted by Crippen LogP contribution is -2.30. The Kier molecular flexibility index (Phi) is 6.37. The summed E-state index contributed by atoms with van der Waals surface area (Å²) < 4.78 is 7.03. The minimum atomic E-state index is -0.140. The second kappa shape index (κ2) is 9.34. The molecule has 1 aliphatic heterocycles. The molecule has 1 aromatic carbocycles. The minimum absolute atomic E-state index is 0.140. The first-order valence-corrected chi connectivity index (χ1v) is 11.4. The Morgan fingerprint density at radius 3 is 2.83 bits per heavy atom. The van der Waals surface area contributed by atoms with Gasteiger partial charge < -0.3 is 15.0 Å². The van der Waals surface area contributed by atoms with Crippen molar-refractivity contribution in [1.29, 1.82) is 0 Å². The highest BCUT2D eigenvalue weighted by atomic mass is 32.2. The van der Waals surface area contributed by atoms with Crippen LogP contribution in [0, 0.1) is 0 Å². The molecule has 0 spiro atoms. The highest BCUT2D eigenvalue weighted by Gasteiger charge is 2.19. The summed E-state index contributed by atoms with van der Waals surface area (Å²) >= 11 is 1.53. The second-order valence-corrected chi connectivity index (χ2v) is 7.95. The molecule has 1 saturated heterocycles. The molecule has 158 valence electrons. The van der Waals surface area contributed by atoms with E-state index < -0.39 is 0 Å². The zero-order valence-corrected chi connectivity index (χ0v) is 18.1. The SMILES string of the molecule is COc1cccc(C(=O)NCCn2ncc3c(N4CCCCC4)nc(SC)nc32)c1. The number of anilines is 1. The number of fused-ring (bicyclic) bond motifs is 1. The molecule has 1 fully saturated rings. The molecule has 0 aliphatic carbocycles. The molecule has 3 aromatic rings. The Morgan fingerprint density at radius 2 is 2.07 bits per heavy atom. The molecule has 8 nitrogen and oxygen atoms in total. The first-order valence-electron chi connectivity index (χ1n) is 10.1. The van der Waals surface area contributed by atoms with Gasteiger partial charge in [-0.15, -0.1) is 0 Å². The van der Waals surface area contributed by atoms with Crippen molar-refractivity contribution >= 4 is 34.5 Å². The summed E-state index contributed by atoms with van der Waals surface area (Å²) in [4.78, 5) is 24.2. The van der Waals surface area contributed by atoms with Crippen LogP contribution >= 0.6 is 11.8 Å². The van der Waals surface area contributed by atoms with Crippen LogP contribution in [0.3, 0.4) is 0 Å². The number of nitrogens with one attached hydrogen (secondary N) is 1. The molecule has 0 unspecified atom stereocenters. The molecule has 1 N–H and O–H groups in total. The minimum Gasteiger partial charge on any atom is -0.497 e. The van der Waals surface area contributed by atoms with Crippen LogP contribution < -0.4 is 15.0 Å². The fourth-order valence-corrected chi connectivity index (χ4v) is 4.02. The molecular weight excluding hydrogens is 400 g/mol. The topological polar surface area (TPSA) is 85.2 Å². The number of carbonyl (C=O) groups excluding carboxylic acids is 1. The maximum absolute atomic E-state index is 12.4. The molecule has 9 heteroatoms. The van der Waals surface area contributed by atoms with Crippen molar-refractivity contribution in [2.75, 3.05) is 37.9 Å². The quantitative estimate of drug-likeness (QED) is 0.459. The van der Waals surface area contributed by atoms with E-state index in [0.717, 1.165) is 35.1 Å². The van der Waals surface area contributed by atoms with Gasteiger partial charge in [-0.05, 0) is 43.7 Å². The summed E-state index contributed by atoms with van der Waals surface area (Å²) in [6.07, 6.45) is 7.46. The summed E-state index contributed by atoms with van der Waals surface area (Å²) in [6.45, 7) is 3.01. The summed E-state index contributed by atoms with van der Waals surface area (Å²) in [7, 11) is 1.59. The Bertz CT molecular complexity index is 1030.